The maximum atomic E-state index is 13.3. The van der Waals surface area contributed by atoms with Gasteiger partial charge in [-0.25, -0.2) is 4.68 Å². The molecule has 4 rings (SSSR count). The predicted molar refractivity (Wildman–Crippen MR) is 135 cm³/mol. The van der Waals surface area contributed by atoms with Gasteiger partial charge in [0.25, 0.3) is 15.6 Å². The number of sulfonamides is 1. The van der Waals surface area contributed by atoms with Crippen molar-refractivity contribution < 1.29 is 18.3 Å². The van der Waals surface area contributed by atoms with Gasteiger partial charge < -0.3 is 16.2 Å². The molecule has 1 aliphatic heterocycles. The number of thiophene rings is 1. The highest BCUT2D eigenvalue weighted by molar-refractivity contribution is 7.90. The summed E-state index contributed by atoms with van der Waals surface area (Å²) in [4.78, 5) is 24.8. The number of fused-ring (bicyclic) bond motifs is 1. The van der Waals surface area contributed by atoms with Gasteiger partial charge in [0, 0.05) is 12.6 Å². The highest BCUT2D eigenvalue weighted by atomic mass is 32.2. The van der Waals surface area contributed by atoms with Crippen LogP contribution < -0.4 is 16.6 Å². The van der Waals surface area contributed by atoms with E-state index in [4.69, 9.17) is 5.73 Å². The second-order valence-electron chi connectivity index (χ2n) is 8.29. The zero-order chi connectivity index (χ0) is 25.3. The number of hydrogen-bond donors (Lipinski definition) is 3. The summed E-state index contributed by atoms with van der Waals surface area (Å²) in [5, 5.41) is 20.1. The van der Waals surface area contributed by atoms with Crippen molar-refractivity contribution in [2.45, 2.75) is 31.7 Å². The molecule has 12 heteroatoms. The van der Waals surface area contributed by atoms with Gasteiger partial charge in [-0.1, -0.05) is 26.0 Å². The number of amides is 1. The first-order chi connectivity index (χ1) is 16.6. The Hall–Kier alpha value is -3.77. The predicted octanol–water partition coefficient (Wildman–Crippen LogP) is 2.78. The molecule has 0 unspecified atom stereocenters. The Morgan fingerprint density at radius 2 is 2.09 bits per heavy atom. The van der Waals surface area contributed by atoms with Crippen LogP contribution in [0.15, 0.2) is 55.9 Å². The molecule has 0 spiro atoms. The van der Waals surface area contributed by atoms with E-state index >= 15 is 0 Å². The Morgan fingerprint density at radius 3 is 2.74 bits per heavy atom. The molecule has 2 aromatic heterocycles. The third-order valence-corrected chi connectivity index (χ3v) is 7.42. The third-order valence-electron chi connectivity index (χ3n) is 5.23. The number of nitrogens with one attached hydrogen (secondary N) is 1. The molecule has 1 amide bonds. The van der Waals surface area contributed by atoms with Crippen molar-refractivity contribution in [3.63, 3.8) is 0 Å². The molecular formula is C23H23N5O5S2. The van der Waals surface area contributed by atoms with E-state index in [2.05, 4.69) is 14.8 Å². The fourth-order valence-corrected chi connectivity index (χ4v) is 5.32. The fraction of sp³-hybridized carbons (Fsp3) is 0.217. The van der Waals surface area contributed by atoms with Gasteiger partial charge in [-0.15, -0.1) is 15.7 Å². The van der Waals surface area contributed by atoms with E-state index in [-0.39, 0.29) is 34.2 Å². The summed E-state index contributed by atoms with van der Waals surface area (Å²) in [5.74, 6) is -1.13. The smallest absolute Gasteiger partial charge is 0.286 e. The van der Waals surface area contributed by atoms with Gasteiger partial charge in [0.15, 0.2) is 11.6 Å². The maximum Gasteiger partial charge on any atom is 0.286 e. The first-order valence-corrected chi connectivity index (χ1v) is 13.0. The van der Waals surface area contributed by atoms with Gasteiger partial charge in [0.05, 0.1) is 10.6 Å². The van der Waals surface area contributed by atoms with Gasteiger partial charge >= 0.3 is 0 Å². The maximum absolute atomic E-state index is 13.3. The number of aryl methyl sites for hydroxylation is 1. The van der Waals surface area contributed by atoms with Crippen molar-refractivity contribution in [1.29, 1.82) is 0 Å². The number of primary amides is 1. The number of carbonyl (C=O) groups excluding carboxylic acids is 1. The zero-order valence-corrected chi connectivity index (χ0v) is 20.6. The number of nitrogens with zero attached hydrogens (tertiary/aromatic N) is 3. The normalized spacial score (nSPS) is 14.5. The molecule has 1 aliphatic rings. The molecule has 10 nitrogen and oxygen atoms in total. The van der Waals surface area contributed by atoms with Crippen molar-refractivity contribution in [2.24, 2.45) is 16.0 Å². The number of aromatic nitrogens is 2. The van der Waals surface area contributed by atoms with E-state index < -0.39 is 27.2 Å². The largest absolute Gasteiger partial charge is 0.505 e. The van der Waals surface area contributed by atoms with E-state index in [0.717, 1.165) is 6.08 Å². The van der Waals surface area contributed by atoms with Crippen LogP contribution in [0.3, 0.4) is 0 Å². The highest BCUT2D eigenvalue weighted by Gasteiger charge is 2.31. The lowest BCUT2D eigenvalue weighted by Crippen LogP contribution is -2.34. The number of rotatable bonds is 7. The Bertz CT molecular complexity index is 1520. The van der Waals surface area contributed by atoms with E-state index in [0.29, 0.717) is 22.8 Å². The molecule has 3 aromatic rings. The molecule has 0 bridgehead atoms. The van der Waals surface area contributed by atoms with Crippen molar-refractivity contribution in [3.05, 3.63) is 63.3 Å². The molecule has 0 fully saturated rings. The molecule has 182 valence electrons. The number of aromatic hydroxyl groups is 1. The van der Waals surface area contributed by atoms with Crippen LogP contribution >= 0.6 is 11.3 Å². The summed E-state index contributed by atoms with van der Waals surface area (Å²) in [6, 6.07) is 7.93. The van der Waals surface area contributed by atoms with Crippen molar-refractivity contribution in [1.82, 2.24) is 9.78 Å². The number of amidine groups is 1. The Labute approximate surface area is 205 Å². The van der Waals surface area contributed by atoms with Crippen LogP contribution in [0, 0.1) is 5.92 Å². The zero-order valence-electron chi connectivity index (χ0n) is 18.9. The van der Waals surface area contributed by atoms with E-state index in [1.807, 2.05) is 13.8 Å². The van der Waals surface area contributed by atoms with Crippen LogP contribution in [0.1, 0.15) is 31.4 Å². The monoisotopic (exact) mass is 513 g/mol. The fourth-order valence-electron chi connectivity index (χ4n) is 3.45. The summed E-state index contributed by atoms with van der Waals surface area (Å²) >= 11 is 1.33. The number of hydrogen-bond acceptors (Lipinski definition) is 8. The molecule has 0 saturated carbocycles. The van der Waals surface area contributed by atoms with Crippen LogP contribution in [0.2, 0.25) is 0 Å². The number of nitrogens with two attached hydrogens (primary N) is 1. The third kappa shape index (κ3) is 5.03. The van der Waals surface area contributed by atoms with Crippen molar-refractivity contribution in [3.8, 4) is 16.3 Å². The van der Waals surface area contributed by atoms with Gasteiger partial charge in [0.1, 0.15) is 16.2 Å². The highest BCUT2D eigenvalue weighted by Crippen LogP contribution is 2.35. The quantitative estimate of drug-likeness (QED) is 0.410. The lowest BCUT2D eigenvalue weighted by Gasteiger charge is -2.20. The molecule has 35 heavy (non-hydrogen) atoms. The Balaban J connectivity index is 1.86. The van der Waals surface area contributed by atoms with Crippen LogP contribution in [0.25, 0.3) is 16.6 Å². The van der Waals surface area contributed by atoms with E-state index in [9.17, 15) is 23.1 Å². The average Bonchev–Trinajstić information content (AvgIpc) is 3.31. The molecule has 0 atom stereocenters. The summed E-state index contributed by atoms with van der Waals surface area (Å²) < 4.78 is 31.1. The first kappa shape index (κ1) is 24.4. The molecule has 0 aliphatic carbocycles. The van der Waals surface area contributed by atoms with Crippen LogP contribution in [-0.4, -0.2) is 35.0 Å². The number of benzene rings is 1. The van der Waals surface area contributed by atoms with Gasteiger partial charge in [-0.2, -0.15) is 13.5 Å². The molecule has 0 radical (unpaired) electrons. The topological polar surface area (TPSA) is 157 Å². The van der Waals surface area contributed by atoms with Crippen LogP contribution in [0.4, 0.5) is 5.69 Å². The minimum absolute atomic E-state index is 0.139. The standard InChI is InChI=1S/C23H23N5O5S2/c1-13(2)9-10-28-23(31)19(21(30)20(26-28)16-4-3-11-34-16)22-25-15-7-5-14(6-8-18(24)29)12-17(15)35(32,33)27-22/h3-8,11-13,30H,9-10H2,1-2H3,(H2,24,29)(H,25,27)/b8-6-. The lowest BCUT2D eigenvalue weighted by molar-refractivity contribution is -0.113. The number of carbonyl (C=O) groups is 1. The minimum Gasteiger partial charge on any atom is -0.505 e. The average molecular weight is 514 g/mol. The summed E-state index contributed by atoms with van der Waals surface area (Å²) in [6.07, 6.45) is 3.15. The van der Waals surface area contributed by atoms with Crippen LogP contribution in [0.5, 0.6) is 5.75 Å². The van der Waals surface area contributed by atoms with Gasteiger partial charge in [-0.05, 0) is 47.6 Å². The summed E-state index contributed by atoms with van der Waals surface area (Å²) in [7, 11) is -4.24. The Morgan fingerprint density at radius 1 is 1.31 bits per heavy atom. The summed E-state index contributed by atoms with van der Waals surface area (Å²) in [5.41, 5.74) is 4.93. The van der Waals surface area contributed by atoms with Crippen molar-refractivity contribution in [2.75, 3.05) is 5.32 Å². The van der Waals surface area contributed by atoms with E-state index in [1.165, 1.54) is 34.2 Å². The van der Waals surface area contributed by atoms with Gasteiger partial charge in [0.2, 0.25) is 5.91 Å². The molecular weight excluding hydrogens is 490 g/mol. The lowest BCUT2D eigenvalue weighted by atomic mass is 10.1. The number of anilines is 1. The molecule has 3 heterocycles. The second kappa shape index (κ2) is 9.47. The van der Waals surface area contributed by atoms with Gasteiger partial charge in [-0.3, -0.25) is 9.59 Å². The second-order valence-corrected chi connectivity index (χ2v) is 10.8. The molecule has 4 N–H and O–H groups in total. The first-order valence-electron chi connectivity index (χ1n) is 10.7. The molecule has 0 saturated heterocycles. The molecule has 1 aromatic carbocycles. The Kier molecular flexibility index (Phi) is 6.59. The SMILES string of the molecule is CC(C)CCn1nc(-c2cccs2)c(O)c(C2=NS(=O)(=O)c3cc(/C=C\C(N)=O)ccc3N2)c1=O. The van der Waals surface area contributed by atoms with Crippen molar-refractivity contribution >= 4 is 44.9 Å². The van der Waals surface area contributed by atoms with E-state index in [1.54, 1.807) is 23.6 Å². The van der Waals surface area contributed by atoms with Crippen LogP contribution in [-0.2, 0) is 21.4 Å². The summed E-state index contributed by atoms with van der Waals surface area (Å²) in [6.45, 7) is 4.31. The minimum atomic E-state index is -4.24.